The largest absolute Gasteiger partial charge is 0.383 e. The van der Waals surface area contributed by atoms with Crippen molar-refractivity contribution in [1.29, 1.82) is 0 Å². The molecule has 0 spiro atoms. The summed E-state index contributed by atoms with van der Waals surface area (Å²) in [6.07, 6.45) is 4.35. The maximum atomic E-state index is 5.97. The van der Waals surface area contributed by atoms with Crippen LogP contribution in [0.25, 0.3) is 0 Å². The highest BCUT2D eigenvalue weighted by Gasteiger charge is 2.02. The number of halogens is 1. The van der Waals surface area contributed by atoms with Gasteiger partial charge in [0.1, 0.15) is 5.82 Å². The number of rotatable bonds is 7. The van der Waals surface area contributed by atoms with Crippen molar-refractivity contribution in [3.05, 3.63) is 24.3 Å². The smallest absolute Gasteiger partial charge is 0.141 e. The molecule has 1 atom stereocenters. The van der Waals surface area contributed by atoms with E-state index in [2.05, 4.69) is 15.3 Å². The van der Waals surface area contributed by atoms with Gasteiger partial charge in [0.05, 0.1) is 18.5 Å². The minimum Gasteiger partial charge on any atom is -0.383 e. The van der Waals surface area contributed by atoms with E-state index >= 15 is 0 Å². The summed E-state index contributed by atoms with van der Waals surface area (Å²) in [5.74, 6) is 0.801. The summed E-state index contributed by atoms with van der Waals surface area (Å²) in [4.78, 5) is 8.20. The summed E-state index contributed by atoms with van der Waals surface area (Å²) < 4.78 is 4.93. The number of hydrogen-bond acceptors (Lipinski definition) is 4. The zero-order valence-electron chi connectivity index (χ0n) is 8.82. The molecule has 5 heteroatoms. The second kappa shape index (κ2) is 7.56. The Balaban J connectivity index is 2.07. The summed E-state index contributed by atoms with van der Waals surface area (Å²) in [6, 6.07) is 1.80. The molecular formula is C10H16ClN3O. The molecule has 84 valence electrons. The van der Waals surface area contributed by atoms with Crippen molar-refractivity contribution in [2.24, 2.45) is 0 Å². The fourth-order valence-electron chi connectivity index (χ4n) is 1.14. The molecule has 0 aliphatic rings. The first-order valence-electron chi connectivity index (χ1n) is 4.92. The molecule has 15 heavy (non-hydrogen) atoms. The van der Waals surface area contributed by atoms with E-state index in [4.69, 9.17) is 16.3 Å². The van der Waals surface area contributed by atoms with Crippen molar-refractivity contribution in [2.45, 2.75) is 18.3 Å². The first-order valence-corrected chi connectivity index (χ1v) is 5.36. The number of aromatic nitrogens is 2. The van der Waals surface area contributed by atoms with Crippen LogP contribution < -0.4 is 5.32 Å². The Morgan fingerprint density at radius 3 is 2.87 bits per heavy atom. The van der Waals surface area contributed by atoms with Gasteiger partial charge >= 0.3 is 0 Å². The van der Waals surface area contributed by atoms with Crippen LogP contribution in [0.5, 0.6) is 0 Å². The lowest BCUT2D eigenvalue weighted by atomic mass is 10.3. The van der Waals surface area contributed by atoms with Gasteiger partial charge in [0.25, 0.3) is 0 Å². The molecule has 0 radical (unpaired) electrons. The van der Waals surface area contributed by atoms with E-state index in [1.54, 1.807) is 25.6 Å². The van der Waals surface area contributed by atoms with Crippen molar-refractivity contribution in [3.63, 3.8) is 0 Å². The van der Waals surface area contributed by atoms with E-state index in [9.17, 15) is 0 Å². The Bertz CT molecular complexity index is 258. The molecule has 0 aromatic carbocycles. The molecule has 1 N–H and O–H groups in total. The maximum Gasteiger partial charge on any atom is 0.141 e. The van der Waals surface area contributed by atoms with Crippen LogP contribution in [0.3, 0.4) is 0 Å². The molecule has 1 aromatic heterocycles. The first kappa shape index (κ1) is 12.4. The predicted molar refractivity (Wildman–Crippen MR) is 59.9 cm³/mol. The molecule has 4 nitrogen and oxygen atoms in total. The average Bonchev–Trinajstić information content (AvgIpc) is 2.26. The van der Waals surface area contributed by atoms with Crippen molar-refractivity contribution in [2.75, 3.05) is 20.3 Å². The maximum absolute atomic E-state index is 5.97. The van der Waals surface area contributed by atoms with Gasteiger partial charge in [0.2, 0.25) is 0 Å². The fraction of sp³-hybridized carbons (Fsp3) is 0.600. The Morgan fingerprint density at radius 2 is 2.20 bits per heavy atom. The Labute approximate surface area is 95.0 Å². The standard InChI is InChI=1S/C10H16ClN3O/c1-15-8-9(11)3-6-12-7-10-13-4-2-5-14-10/h2,4-5,9,12H,3,6-8H2,1H3. The zero-order valence-corrected chi connectivity index (χ0v) is 9.57. The van der Waals surface area contributed by atoms with Gasteiger partial charge in [-0.25, -0.2) is 9.97 Å². The molecule has 0 saturated carbocycles. The number of ether oxygens (including phenoxy) is 1. The summed E-state index contributed by atoms with van der Waals surface area (Å²) in [6.45, 7) is 2.11. The van der Waals surface area contributed by atoms with Gasteiger partial charge in [-0.1, -0.05) is 0 Å². The molecular weight excluding hydrogens is 214 g/mol. The fourth-order valence-corrected chi connectivity index (χ4v) is 1.38. The van der Waals surface area contributed by atoms with Gasteiger partial charge in [-0.2, -0.15) is 0 Å². The van der Waals surface area contributed by atoms with E-state index < -0.39 is 0 Å². The first-order chi connectivity index (χ1) is 7.33. The number of hydrogen-bond donors (Lipinski definition) is 1. The molecule has 0 amide bonds. The lowest BCUT2D eigenvalue weighted by molar-refractivity contribution is 0.195. The third-order valence-electron chi connectivity index (χ3n) is 1.88. The van der Waals surface area contributed by atoms with Crippen LogP contribution in [-0.4, -0.2) is 35.6 Å². The monoisotopic (exact) mass is 229 g/mol. The van der Waals surface area contributed by atoms with Crippen LogP contribution in [0.1, 0.15) is 12.2 Å². The van der Waals surface area contributed by atoms with Gasteiger partial charge in [-0.05, 0) is 19.0 Å². The minimum atomic E-state index is 0.0687. The normalized spacial score (nSPS) is 12.7. The van der Waals surface area contributed by atoms with Crippen LogP contribution in [0.15, 0.2) is 18.5 Å². The molecule has 1 aromatic rings. The van der Waals surface area contributed by atoms with Gasteiger partial charge < -0.3 is 10.1 Å². The van der Waals surface area contributed by atoms with Crippen LogP contribution in [0, 0.1) is 0 Å². The lowest BCUT2D eigenvalue weighted by Gasteiger charge is -2.08. The highest BCUT2D eigenvalue weighted by molar-refractivity contribution is 6.20. The van der Waals surface area contributed by atoms with Crippen molar-refractivity contribution < 1.29 is 4.74 Å². The molecule has 1 rings (SSSR count). The average molecular weight is 230 g/mol. The van der Waals surface area contributed by atoms with Crippen molar-refractivity contribution in [3.8, 4) is 0 Å². The minimum absolute atomic E-state index is 0.0687. The van der Waals surface area contributed by atoms with Gasteiger partial charge in [0.15, 0.2) is 0 Å². The summed E-state index contributed by atoms with van der Waals surface area (Å²) in [7, 11) is 1.65. The molecule has 0 saturated heterocycles. The van der Waals surface area contributed by atoms with Crippen LogP contribution >= 0.6 is 11.6 Å². The summed E-state index contributed by atoms with van der Waals surface area (Å²) in [5.41, 5.74) is 0. The Kier molecular flexibility index (Phi) is 6.23. The lowest BCUT2D eigenvalue weighted by Crippen LogP contribution is -2.21. The number of nitrogens with one attached hydrogen (secondary N) is 1. The zero-order chi connectivity index (χ0) is 10.9. The molecule has 0 fully saturated rings. The molecule has 1 unspecified atom stereocenters. The quantitative estimate of drug-likeness (QED) is 0.564. The second-order valence-electron chi connectivity index (χ2n) is 3.18. The van der Waals surface area contributed by atoms with Gasteiger partial charge in [0, 0.05) is 19.5 Å². The molecule has 1 heterocycles. The summed E-state index contributed by atoms with van der Waals surface area (Å²) in [5, 5.41) is 3.29. The van der Waals surface area contributed by atoms with Crippen molar-refractivity contribution >= 4 is 11.6 Å². The van der Waals surface area contributed by atoms with Crippen LogP contribution in [0.4, 0.5) is 0 Å². The number of nitrogens with zero attached hydrogens (tertiary/aromatic N) is 2. The van der Waals surface area contributed by atoms with E-state index in [0.717, 1.165) is 18.8 Å². The second-order valence-corrected chi connectivity index (χ2v) is 3.80. The number of alkyl halides is 1. The third kappa shape index (κ3) is 5.67. The van der Waals surface area contributed by atoms with Crippen molar-refractivity contribution in [1.82, 2.24) is 15.3 Å². The highest BCUT2D eigenvalue weighted by atomic mass is 35.5. The van der Waals surface area contributed by atoms with Gasteiger partial charge in [-0.15, -0.1) is 11.6 Å². The Hall–Kier alpha value is -0.710. The number of methoxy groups -OCH3 is 1. The van der Waals surface area contributed by atoms with Gasteiger partial charge in [-0.3, -0.25) is 0 Å². The van der Waals surface area contributed by atoms with Crippen LogP contribution in [0.2, 0.25) is 0 Å². The van der Waals surface area contributed by atoms with E-state index in [1.807, 2.05) is 0 Å². The molecule has 0 aliphatic heterocycles. The van der Waals surface area contributed by atoms with E-state index in [1.165, 1.54) is 0 Å². The highest BCUT2D eigenvalue weighted by Crippen LogP contribution is 2.00. The van der Waals surface area contributed by atoms with Crippen LogP contribution in [-0.2, 0) is 11.3 Å². The Morgan fingerprint density at radius 1 is 1.47 bits per heavy atom. The molecule has 0 bridgehead atoms. The predicted octanol–water partition coefficient (Wildman–Crippen LogP) is 1.21. The summed E-state index contributed by atoms with van der Waals surface area (Å²) >= 11 is 5.97. The molecule has 0 aliphatic carbocycles. The van der Waals surface area contributed by atoms with E-state index in [0.29, 0.717) is 13.2 Å². The van der Waals surface area contributed by atoms with E-state index in [-0.39, 0.29) is 5.38 Å². The third-order valence-corrected chi connectivity index (χ3v) is 2.23. The topological polar surface area (TPSA) is 47.0 Å². The SMILES string of the molecule is COCC(Cl)CCNCc1ncccn1.